The molecule has 33 heavy (non-hydrogen) atoms. The van der Waals surface area contributed by atoms with Crippen molar-refractivity contribution in [3.8, 4) is 11.5 Å². The van der Waals surface area contributed by atoms with Crippen LogP contribution in [0.1, 0.15) is 27.2 Å². The molecular formula is C24H34FNO5SSi. The lowest BCUT2D eigenvalue weighted by molar-refractivity contribution is 0.114. The topological polar surface area (TPSA) is 84.9 Å². The van der Waals surface area contributed by atoms with Gasteiger partial charge in [-0.25, -0.2) is 17.5 Å². The molecule has 2 aromatic rings. The third kappa shape index (κ3) is 7.22. The van der Waals surface area contributed by atoms with E-state index in [9.17, 15) is 17.9 Å². The lowest BCUT2D eigenvalue weighted by atomic mass is 9.99. The maximum Gasteiger partial charge on any atom is 0.241 e. The van der Waals surface area contributed by atoms with Crippen LogP contribution in [-0.4, -0.2) is 40.6 Å². The van der Waals surface area contributed by atoms with Crippen molar-refractivity contribution in [2.45, 2.75) is 55.8 Å². The normalized spacial score (nSPS) is 14.5. The molecule has 0 saturated carbocycles. The molecule has 182 valence electrons. The van der Waals surface area contributed by atoms with Crippen molar-refractivity contribution < 1.29 is 27.1 Å². The van der Waals surface area contributed by atoms with Crippen LogP contribution >= 0.6 is 0 Å². The first-order valence-corrected chi connectivity index (χ1v) is 15.1. The summed E-state index contributed by atoms with van der Waals surface area (Å²) in [6, 6.07) is 11.4. The molecule has 2 N–H and O–H groups in total. The first-order chi connectivity index (χ1) is 15.2. The molecule has 1 unspecified atom stereocenters. The monoisotopic (exact) mass is 495 g/mol. The van der Waals surface area contributed by atoms with Gasteiger partial charge in [0, 0.05) is 0 Å². The molecule has 0 heterocycles. The first kappa shape index (κ1) is 27.2. The second kappa shape index (κ2) is 10.5. The fraction of sp³-hybridized carbons (Fsp3) is 0.417. The molecule has 0 radical (unpaired) electrons. The molecule has 0 saturated heterocycles. The summed E-state index contributed by atoms with van der Waals surface area (Å²) >= 11 is 0. The molecule has 1 atom stereocenters. The Labute approximate surface area is 197 Å². The molecule has 2 aromatic carbocycles. The second-order valence-electron chi connectivity index (χ2n) is 9.61. The fourth-order valence-electron chi connectivity index (χ4n) is 2.75. The smallest absolute Gasteiger partial charge is 0.241 e. The maximum atomic E-state index is 13.1. The summed E-state index contributed by atoms with van der Waals surface area (Å²) in [6.45, 7) is 13.7. The molecule has 6 nitrogen and oxygen atoms in total. The van der Waals surface area contributed by atoms with Crippen LogP contribution < -0.4 is 9.46 Å². The summed E-state index contributed by atoms with van der Waals surface area (Å²) in [6.07, 6.45) is 1.76. The van der Waals surface area contributed by atoms with Crippen molar-refractivity contribution >= 4 is 18.3 Å². The molecule has 0 aromatic heterocycles. The minimum atomic E-state index is -3.98. The van der Waals surface area contributed by atoms with Crippen LogP contribution in [0, 0.1) is 5.82 Å². The van der Waals surface area contributed by atoms with Gasteiger partial charge in [0.05, 0.1) is 23.6 Å². The van der Waals surface area contributed by atoms with Crippen LogP contribution in [0.25, 0.3) is 0 Å². The Morgan fingerprint density at radius 2 is 1.58 bits per heavy atom. The molecule has 0 amide bonds. The van der Waals surface area contributed by atoms with E-state index in [1.807, 2.05) is 0 Å². The van der Waals surface area contributed by atoms with Crippen molar-refractivity contribution in [3.05, 3.63) is 67.0 Å². The molecule has 0 aliphatic rings. The van der Waals surface area contributed by atoms with E-state index >= 15 is 0 Å². The number of ether oxygens (including phenoxy) is 1. The fourth-order valence-corrected chi connectivity index (χ4v) is 5.21. The number of sulfonamides is 1. The second-order valence-corrected chi connectivity index (χ2v) is 16.1. The van der Waals surface area contributed by atoms with Gasteiger partial charge in [-0.2, -0.15) is 0 Å². The van der Waals surface area contributed by atoms with E-state index in [0.29, 0.717) is 11.5 Å². The Morgan fingerprint density at radius 3 is 2.03 bits per heavy atom. The van der Waals surface area contributed by atoms with E-state index in [0.717, 1.165) is 0 Å². The molecule has 0 aliphatic heterocycles. The van der Waals surface area contributed by atoms with E-state index in [4.69, 9.17) is 9.16 Å². The first-order valence-electron chi connectivity index (χ1n) is 10.7. The van der Waals surface area contributed by atoms with Gasteiger partial charge in [-0.3, -0.25) is 0 Å². The molecule has 0 fully saturated rings. The van der Waals surface area contributed by atoms with Gasteiger partial charge in [-0.15, -0.1) is 6.58 Å². The molecule has 9 heteroatoms. The van der Waals surface area contributed by atoms with Crippen LogP contribution in [-0.2, 0) is 14.4 Å². The van der Waals surface area contributed by atoms with Gasteiger partial charge in [0.1, 0.15) is 17.3 Å². The van der Waals surface area contributed by atoms with Gasteiger partial charge >= 0.3 is 0 Å². The Balaban J connectivity index is 2.21. The van der Waals surface area contributed by atoms with Crippen LogP contribution in [0.15, 0.2) is 66.1 Å². The van der Waals surface area contributed by atoms with Crippen molar-refractivity contribution in [2.75, 3.05) is 13.2 Å². The Morgan fingerprint density at radius 1 is 1.06 bits per heavy atom. The SMILES string of the molecule is C=CCC(CO)(CO[Si](C)(C)C(C)(C)C)NS(=O)(=O)c1ccc(Oc2ccc(F)cc2)cc1. The number of hydrogen-bond donors (Lipinski definition) is 2. The predicted molar refractivity (Wildman–Crippen MR) is 131 cm³/mol. The van der Waals surface area contributed by atoms with E-state index < -0.39 is 30.5 Å². The van der Waals surface area contributed by atoms with Gasteiger partial charge < -0.3 is 14.3 Å². The third-order valence-corrected chi connectivity index (χ3v) is 12.0. The lowest BCUT2D eigenvalue weighted by Gasteiger charge is -2.40. The van der Waals surface area contributed by atoms with Crippen LogP contribution in [0.5, 0.6) is 11.5 Å². The lowest BCUT2D eigenvalue weighted by Crippen LogP contribution is -2.57. The summed E-state index contributed by atoms with van der Waals surface area (Å²) in [5, 5.41) is 10.1. The Hall–Kier alpha value is -2.04. The number of aliphatic hydroxyl groups is 1. The molecule has 0 spiro atoms. The molecular weight excluding hydrogens is 461 g/mol. The molecule has 0 bridgehead atoms. The maximum absolute atomic E-state index is 13.1. The highest BCUT2D eigenvalue weighted by atomic mass is 32.2. The van der Waals surface area contributed by atoms with Gasteiger partial charge in [0.25, 0.3) is 0 Å². The number of benzene rings is 2. The minimum absolute atomic E-state index is 0.0168. The summed E-state index contributed by atoms with van der Waals surface area (Å²) in [4.78, 5) is 0.0168. The summed E-state index contributed by atoms with van der Waals surface area (Å²) < 4.78 is 53.8. The van der Waals surface area contributed by atoms with Crippen LogP contribution in [0.3, 0.4) is 0 Å². The van der Waals surface area contributed by atoms with Gasteiger partial charge in [0.2, 0.25) is 10.0 Å². The minimum Gasteiger partial charge on any atom is -0.457 e. The summed E-state index contributed by atoms with van der Waals surface area (Å²) in [5.74, 6) is 0.457. The van der Waals surface area contributed by atoms with Gasteiger partial charge in [-0.05, 0) is 73.1 Å². The van der Waals surface area contributed by atoms with Crippen molar-refractivity contribution in [3.63, 3.8) is 0 Å². The number of rotatable bonds is 11. The van der Waals surface area contributed by atoms with Crippen molar-refractivity contribution in [1.82, 2.24) is 4.72 Å². The highest BCUT2D eigenvalue weighted by Crippen LogP contribution is 2.37. The zero-order chi connectivity index (χ0) is 24.9. The number of aliphatic hydroxyl groups excluding tert-OH is 1. The average molecular weight is 496 g/mol. The quantitative estimate of drug-likeness (QED) is 0.330. The molecule has 2 rings (SSSR count). The van der Waals surface area contributed by atoms with Crippen molar-refractivity contribution in [2.24, 2.45) is 0 Å². The number of nitrogens with one attached hydrogen (secondary N) is 1. The highest BCUT2D eigenvalue weighted by Gasteiger charge is 2.41. The predicted octanol–water partition coefficient (Wildman–Crippen LogP) is 5.23. The summed E-state index contributed by atoms with van der Waals surface area (Å²) in [7, 11) is -6.16. The standard InChI is InChI=1S/C24H34FNO5SSi/c1-7-16-24(17-27,18-30-33(5,6)23(2,3)4)26-32(28,29)22-14-12-21(13-15-22)31-20-10-8-19(25)9-11-20/h7-15,26-27H,1,16-18H2,2-6H3. The van der Waals surface area contributed by atoms with Gasteiger partial charge in [-0.1, -0.05) is 26.8 Å². The largest absolute Gasteiger partial charge is 0.457 e. The van der Waals surface area contributed by atoms with E-state index in [-0.39, 0.29) is 28.8 Å². The Bertz CT molecular complexity index is 1030. The highest BCUT2D eigenvalue weighted by molar-refractivity contribution is 7.89. The number of hydrogen-bond acceptors (Lipinski definition) is 5. The van der Waals surface area contributed by atoms with Crippen molar-refractivity contribution in [1.29, 1.82) is 0 Å². The average Bonchev–Trinajstić information content (AvgIpc) is 2.73. The zero-order valence-corrected chi connectivity index (χ0v) is 21.7. The number of halogens is 1. The van der Waals surface area contributed by atoms with Gasteiger partial charge in [0.15, 0.2) is 8.32 Å². The third-order valence-electron chi connectivity index (χ3n) is 5.89. The van der Waals surface area contributed by atoms with E-state index in [2.05, 4.69) is 45.2 Å². The Kier molecular flexibility index (Phi) is 8.64. The summed E-state index contributed by atoms with van der Waals surface area (Å²) in [5.41, 5.74) is -1.24. The van der Waals surface area contributed by atoms with Crippen LogP contribution in [0.2, 0.25) is 18.1 Å². The van der Waals surface area contributed by atoms with E-state index in [1.165, 1.54) is 48.5 Å². The zero-order valence-electron chi connectivity index (χ0n) is 19.9. The van der Waals surface area contributed by atoms with Crippen LogP contribution in [0.4, 0.5) is 4.39 Å². The molecule has 0 aliphatic carbocycles. The van der Waals surface area contributed by atoms with E-state index in [1.54, 1.807) is 6.08 Å².